The van der Waals surface area contributed by atoms with Crippen LogP contribution in [0, 0.1) is 11.8 Å². The van der Waals surface area contributed by atoms with Gasteiger partial charge in [0.05, 0.1) is 30.6 Å². The van der Waals surface area contributed by atoms with Gasteiger partial charge >= 0.3 is 0 Å². The van der Waals surface area contributed by atoms with Gasteiger partial charge in [0, 0.05) is 51.2 Å². The van der Waals surface area contributed by atoms with E-state index in [0.29, 0.717) is 23.9 Å². The van der Waals surface area contributed by atoms with Crippen LogP contribution in [0.15, 0.2) is 172 Å². The summed E-state index contributed by atoms with van der Waals surface area (Å²) in [6.07, 6.45) is 31.6. The number of allylic oxidation sites excluding steroid dienone is 7. The molecule has 0 bridgehead atoms. The number of hydrogen-bond donors (Lipinski definition) is 3. The van der Waals surface area contributed by atoms with Crippen LogP contribution >= 0.6 is 0 Å². The summed E-state index contributed by atoms with van der Waals surface area (Å²) >= 11 is 0. The SMILES string of the molecule is C1=CC2C3C=CC=CC3N(C3=Cc4c(oc5cccc(-c6cccc7c6oc6cccc(C8NC(C9=CCCC=C9)NC(c9ccccc9)N8)c67)c45)CC3)C2C=C1. The van der Waals surface area contributed by atoms with Gasteiger partial charge in [0.15, 0.2) is 0 Å². The number of likely N-dealkylation sites (tertiary alicyclic amines) is 1. The Labute approximate surface area is 332 Å². The summed E-state index contributed by atoms with van der Waals surface area (Å²) < 4.78 is 13.6. The molecule has 6 nitrogen and oxygen atoms in total. The van der Waals surface area contributed by atoms with E-state index in [1.807, 2.05) is 0 Å². The summed E-state index contributed by atoms with van der Waals surface area (Å²) in [7, 11) is 0. The summed E-state index contributed by atoms with van der Waals surface area (Å²) in [6.45, 7) is 0. The fourth-order valence-electron chi connectivity index (χ4n) is 10.6. The number of nitrogens with one attached hydrogen (secondary N) is 3. The minimum Gasteiger partial charge on any atom is -0.460 e. The number of furan rings is 2. The molecule has 2 aromatic heterocycles. The van der Waals surface area contributed by atoms with E-state index in [9.17, 15) is 0 Å². The maximum atomic E-state index is 6.94. The lowest BCUT2D eigenvalue weighted by atomic mass is 9.83. The average molecular weight is 745 g/mol. The van der Waals surface area contributed by atoms with Crippen molar-refractivity contribution in [3.8, 4) is 11.1 Å². The third-order valence-corrected chi connectivity index (χ3v) is 13.1. The van der Waals surface area contributed by atoms with E-state index < -0.39 is 0 Å². The molecule has 4 aliphatic carbocycles. The lowest BCUT2D eigenvalue weighted by molar-refractivity contribution is 0.225. The van der Waals surface area contributed by atoms with Gasteiger partial charge in [-0.25, -0.2) is 0 Å². The largest absolute Gasteiger partial charge is 0.460 e. The Kier molecular flexibility index (Phi) is 7.78. The number of hydrogen-bond acceptors (Lipinski definition) is 6. The molecule has 6 aliphatic rings. The van der Waals surface area contributed by atoms with Crippen LogP contribution in [0.3, 0.4) is 0 Å². The van der Waals surface area contributed by atoms with Crippen LogP contribution in [0.4, 0.5) is 0 Å². The van der Waals surface area contributed by atoms with Crippen LogP contribution in [0.1, 0.15) is 54.0 Å². The van der Waals surface area contributed by atoms with E-state index in [0.717, 1.165) is 75.5 Å². The van der Waals surface area contributed by atoms with Crippen molar-refractivity contribution in [1.82, 2.24) is 20.9 Å². The molecule has 2 saturated heterocycles. The summed E-state index contributed by atoms with van der Waals surface area (Å²) in [4.78, 5) is 2.69. The molecule has 6 aromatic rings. The summed E-state index contributed by atoms with van der Waals surface area (Å²) in [5, 5.41) is 15.1. The van der Waals surface area contributed by atoms with E-state index in [1.54, 1.807) is 0 Å². The van der Waals surface area contributed by atoms with Crippen molar-refractivity contribution in [3.63, 3.8) is 0 Å². The Balaban J connectivity index is 0.971. The molecule has 0 spiro atoms. The zero-order valence-electron chi connectivity index (χ0n) is 31.6. The van der Waals surface area contributed by atoms with Gasteiger partial charge in [-0.15, -0.1) is 0 Å². The Morgan fingerprint density at radius 3 is 2.12 bits per heavy atom. The van der Waals surface area contributed by atoms with E-state index in [1.165, 1.54) is 28.0 Å². The molecule has 3 N–H and O–H groups in total. The molecule has 7 unspecified atom stereocenters. The third-order valence-electron chi connectivity index (χ3n) is 13.1. The molecular weight excluding hydrogens is 701 g/mol. The number of aryl methyl sites for hydroxylation is 1. The van der Waals surface area contributed by atoms with Crippen LogP contribution in [0.5, 0.6) is 0 Å². The standard InChI is InChI=1S/C51H44N4O2/c1-3-14-31(15-4-1)49-52-50(32-16-5-2-6-17-32)54-51(53-49)39-23-13-27-45-47(39)38-22-11-21-37(48(38)57-45)36-20-12-26-44-46(36)40-30-33(28-29-43(40)56-44)55-41-24-9-7-18-34(41)35-19-8-10-25-42(35)55/h1,3-5,7-27,30,34-35,41-42,49-54H,2,6,28-29H2. The fourth-order valence-corrected chi connectivity index (χ4v) is 10.6. The fraction of sp³-hybridized carbons (Fsp3) is 0.216. The molecule has 0 radical (unpaired) electrons. The van der Waals surface area contributed by atoms with Gasteiger partial charge in [0.25, 0.3) is 0 Å². The quantitative estimate of drug-likeness (QED) is 0.163. The van der Waals surface area contributed by atoms with Gasteiger partial charge in [0.2, 0.25) is 0 Å². The highest BCUT2D eigenvalue weighted by Crippen LogP contribution is 2.48. The topological polar surface area (TPSA) is 65.6 Å². The summed E-state index contributed by atoms with van der Waals surface area (Å²) in [6, 6.07) is 30.9. The van der Waals surface area contributed by atoms with Gasteiger partial charge in [0.1, 0.15) is 22.5 Å². The smallest absolute Gasteiger partial charge is 0.143 e. The molecule has 12 rings (SSSR count). The first-order chi connectivity index (χ1) is 28.3. The zero-order chi connectivity index (χ0) is 37.5. The Morgan fingerprint density at radius 1 is 0.596 bits per heavy atom. The Hall–Kier alpha value is -5.92. The zero-order valence-corrected chi connectivity index (χ0v) is 31.6. The molecule has 2 aliphatic heterocycles. The molecule has 0 amide bonds. The lowest BCUT2D eigenvalue weighted by Gasteiger charge is -2.40. The van der Waals surface area contributed by atoms with E-state index in [2.05, 4.69) is 179 Å². The molecule has 280 valence electrons. The highest BCUT2D eigenvalue weighted by molar-refractivity contribution is 6.14. The van der Waals surface area contributed by atoms with Crippen LogP contribution in [0.25, 0.3) is 50.1 Å². The molecule has 4 aromatic carbocycles. The first-order valence-corrected chi connectivity index (χ1v) is 20.6. The van der Waals surface area contributed by atoms with Gasteiger partial charge in [-0.2, -0.15) is 0 Å². The van der Waals surface area contributed by atoms with E-state index in [-0.39, 0.29) is 18.5 Å². The minimum atomic E-state index is -0.132. The summed E-state index contributed by atoms with van der Waals surface area (Å²) in [5.74, 6) is 2.02. The van der Waals surface area contributed by atoms with E-state index in [4.69, 9.17) is 8.83 Å². The predicted molar refractivity (Wildman–Crippen MR) is 230 cm³/mol. The molecule has 6 heteroatoms. The molecular formula is C51H44N4O2. The van der Waals surface area contributed by atoms with Crippen LogP contribution < -0.4 is 16.0 Å². The lowest BCUT2D eigenvalue weighted by Crippen LogP contribution is -2.59. The van der Waals surface area contributed by atoms with Gasteiger partial charge in [-0.1, -0.05) is 140 Å². The molecule has 4 heterocycles. The molecule has 57 heavy (non-hydrogen) atoms. The van der Waals surface area contributed by atoms with Crippen molar-refractivity contribution in [3.05, 3.63) is 185 Å². The third kappa shape index (κ3) is 5.35. The number of para-hydroxylation sites is 1. The van der Waals surface area contributed by atoms with Crippen molar-refractivity contribution in [1.29, 1.82) is 0 Å². The minimum absolute atomic E-state index is 0.0154. The van der Waals surface area contributed by atoms with Gasteiger partial charge < -0.3 is 13.7 Å². The maximum Gasteiger partial charge on any atom is 0.143 e. The first-order valence-electron chi connectivity index (χ1n) is 20.6. The first kappa shape index (κ1) is 33.2. The Morgan fingerprint density at radius 2 is 1.32 bits per heavy atom. The summed E-state index contributed by atoms with van der Waals surface area (Å²) in [5.41, 5.74) is 11.2. The van der Waals surface area contributed by atoms with Crippen molar-refractivity contribution in [2.75, 3.05) is 0 Å². The van der Waals surface area contributed by atoms with Crippen molar-refractivity contribution in [2.45, 2.75) is 56.3 Å². The predicted octanol–water partition coefficient (Wildman–Crippen LogP) is 10.9. The number of nitrogens with zero attached hydrogens (tertiary/aromatic N) is 1. The van der Waals surface area contributed by atoms with Gasteiger partial charge in [-0.05, 0) is 59.7 Å². The number of benzene rings is 4. The van der Waals surface area contributed by atoms with Crippen LogP contribution in [0.2, 0.25) is 0 Å². The second kappa shape index (κ2) is 13.3. The number of rotatable bonds is 5. The van der Waals surface area contributed by atoms with Crippen molar-refractivity contribution in [2.24, 2.45) is 11.8 Å². The number of fused-ring (bicyclic) bond motifs is 9. The molecule has 7 atom stereocenters. The van der Waals surface area contributed by atoms with Crippen LogP contribution in [-0.2, 0) is 6.42 Å². The highest BCUT2D eigenvalue weighted by atomic mass is 16.3. The Bertz CT molecular complexity index is 2760. The average Bonchev–Trinajstić information content (AvgIpc) is 3.96. The molecule has 0 saturated carbocycles. The van der Waals surface area contributed by atoms with E-state index >= 15 is 0 Å². The second-order valence-electron chi connectivity index (χ2n) is 16.2. The monoisotopic (exact) mass is 744 g/mol. The molecule has 2 fully saturated rings. The maximum absolute atomic E-state index is 6.94. The highest BCUT2D eigenvalue weighted by Gasteiger charge is 2.46. The second-order valence-corrected chi connectivity index (χ2v) is 16.2. The van der Waals surface area contributed by atoms with Gasteiger partial charge in [-0.3, -0.25) is 16.0 Å². The van der Waals surface area contributed by atoms with Crippen molar-refractivity contribution < 1.29 is 8.83 Å². The normalized spacial score (nSPS) is 27.5. The van der Waals surface area contributed by atoms with Crippen LogP contribution in [-0.4, -0.2) is 23.1 Å². The van der Waals surface area contributed by atoms with Crippen molar-refractivity contribution >= 4 is 39.0 Å².